The fourth-order valence-corrected chi connectivity index (χ4v) is 3.43. The van der Waals surface area contributed by atoms with E-state index < -0.39 is 0 Å². The summed E-state index contributed by atoms with van der Waals surface area (Å²) in [6.45, 7) is 10.8. The summed E-state index contributed by atoms with van der Waals surface area (Å²) in [4.78, 5) is 21.1. The van der Waals surface area contributed by atoms with Crippen molar-refractivity contribution >= 4 is 11.9 Å². The first-order valence-corrected chi connectivity index (χ1v) is 10.1. The second-order valence-corrected chi connectivity index (χ2v) is 7.06. The number of hydrogen-bond donors (Lipinski definition) is 1. The lowest BCUT2D eigenvalue weighted by molar-refractivity contribution is 0.0657. The minimum absolute atomic E-state index is 0.0569. The third-order valence-corrected chi connectivity index (χ3v) is 4.94. The summed E-state index contributed by atoms with van der Waals surface area (Å²) in [5.74, 6) is 2.14. The summed E-state index contributed by atoms with van der Waals surface area (Å²) in [5.41, 5.74) is 2.27. The Kier molecular flexibility index (Phi) is 7.16. The van der Waals surface area contributed by atoms with Crippen LogP contribution >= 0.6 is 0 Å². The number of rotatable bonds is 6. The van der Waals surface area contributed by atoms with Gasteiger partial charge in [0.25, 0.3) is 5.91 Å². The number of furan rings is 1. The molecule has 1 saturated heterocycles. The van der Waals surface area contributed by atoms with Crippen molar-refractivity contribution in [2.45, 2.75) is 20.8 Å². The molecule has 1 fully saturated rings. The smallest absolute Gasteiger partial charge is 0.289 e. The molecule has 1 aromatic heterocycles. The van der Waals surface area contributed by atoms with Crippen molar-refractivity contribution in [1.29, 1.82) is 0 Å². The molecule has 7 nitrogen and oxygen atoms in total. The Balaban J connectivity index is 1.52. The van der Waals surface area contributed by atoms with Crippen molar-refractivity contribution in [3.05, 3.63) is 53.5 Å². The predicted octanol–water partition coefficient (Wildman–Crippen LogP) is 2.70. The van der Waals surface area contributed by atoms with E-state index in [-0.39, 0.29) is 5.91 Å². The van der Waals surface area contributed by atoms with E-state index in [2.05, 4.69) is 43.1 Å². The lowest BCUT2D eigenvalue weighted by Gasteiger charge is -2.36. The quantitative estimate of drug-likeness (QED) is 0.460. The highest BCUT2D eigenvalue weighted by molar-refractivity contribution is 5.91. The van der Waals surface area contributed by atoms with E-state index in [0.717, 1.165) is 42.5 Å². The number of aryl methyl sites for hydroxylation is 2. The van der Waals surface area contributed by atoms with Crippen molar-refractivity contribution in [2.75, 3.05) is 45.9 Å². The number of carbonyl (C=O) groups is 1. The first-order chi connectivity index (χ1) is 14.1. The number of benzene rings is 1. The zero-order chi connectivity index (χ0) is 20.6. The van der Waals surface area contributed by atoms with Gasteiger partial charge in [0, 0.05) is 32.7 Å². The topological polar surface area (TPSA) is 70.3 Å². The lowest BCUT2D eigenvalue weighted by atomic mass is 10.1. The highest BCUT2D eigenvalue weighted by Crippen LogP contribution is 2.22. The van der Waals surface area contributed by atoms with E-state index in [9.17, 15) is 4.79 Å². The minimum Gasteiger partial charge on any atom is -0.491 e. The molecule has 7 heteroatoms. The Hall–Kier alpha value is -2.96. The maximum atomic E-state index is 12.4. The van der Waals surface area contributed by atoms with Gasteiger partial charge in [-0.3, -0.25) is 4.79 Å². The fraction of sp³-hybridized carbons (Fsp3) is 0.455. The monoisotopic (exact) mass is 398 g/mol. The van der Waals surface area contributed by atoms with Gasteiger partial charge in [-0.25, -0.2) is 4.99 Å². The predicted molar refractivity (Wildman–Crippen MR) is 114 cm³/mol. The molecule has 0 aliphatic carbocycles. The van der Waals surface area contributed by atoms with Gasteiger partial charge in [0.2, 0.25) is 0 Å². The SMILES string of the molecule is CCNC(=NCCOc1c(C)cccc1C)N1CCN(C(=O)c2ccco2)CC1. The standard InChI is InChI=1S/C22H30N4O3/c1-4-23-22(24-10-16-29-20-17(2)7-5-8-18(20)3)26-13-11-25(12-14-26)21(27)19-9-6-15-28-19/h5-9,15H,4,10-14,16H2,1-3H3,(H,23,24). The van der Waals surface area contributed by atoms with Crippen molar-refractivity contribution < 1.29 is 13.9 Å². The van der Waals surface area contributed by atoms with Crippen LogP contribution in [0, 0.1) is 13.8 Å². The molecule has 1 aliphatic heterocycles. The molecule has 0 bridgehead atoms. The van der Waals surface area contributed by atoms with Gasteiger partial charge < -0.3 is 24.3 Å². The number of nitrogens with zero attached hydrogens (tertiary/aromatic N) is 3. The average Bonchev–Trinajstić information content (AvgIpc) is 3.26. The molecular formula is C22H30N4O3. The van der Waals surface area contributed by atoms with Crippen LogP contribution in [-0.4, -0.2) is 67.5 Å². The van der Waals surface area contributed by atoms with E-state index in [0.29, 0.717) is 32.0 Å². The molecule has 2 heterocycles. The van der Waals surface area contributed by atoms with Crippen LogP contribution < -0.4 is 10.1 Å². The van der Waals surface area contributed by atoms with Crippen molar-refractivity contribution in [2.24, 2.45) is 4.99 Å². The zero-order valence-corrected chi connectivity index (χ0v) is 17.5. The Morgan fingerprint density at radius 2 is 1.79 bits per heavy atom. The molecule has 156 valence electrons. The van der Waals surface area contributed by atoms with E-state index in [1.54, 1.807) is 12.1 Å². The van der Waals surface area contributed by atoms with Gasteiger partial charge in [-0.05, 0) is 44.0 Å². The molecule has 2 aromatic rings. The molecule has 0 atom stereocenters. The number of para-hydroxylation sites is 1. The summed E-state index contributed by atoms with van der Waals surface area (Å²) < 4.78 is 11.2. The molecule has 3 rings (SSSR count). The number of piperazine rings is 1. The van der Waals surface area contributed by atoms with Gasteiger partial charge in [-0.1, -0.05) is 18.2 Å². The number of guanidine groups is 1. The first kappa shape index (κ1) is 20.8. The second kappa shape index (κ2) is 10.0. The highest BCUT2D eigenvalue weighted by Gasteiger charge is 2.25. The molecule has 0 radical (unpaired) electrons. The molecule has 0 saturated carbocycles. The Labute approximate surface area is 172 Å². The van der Waals surface area contributed by atoms with Crippen LogP contribution in [0.4, 0.5) is 0 Å². The summed E-state index contributed by atoms with van der Waals surface area (Å²) in [5, 5.41) is 3.34. The number of hydrogen-bond acceptors (Lipinski definition) is 4. The Morgan fingerprint density at radius 1 is 1.10 bits per heavy atom. The van der Waals surface area contributed by atoms with Gasteiger partial charge in [0.15, 0.2) is 11.7 Å². The van der Waals surface area contributed by atoms with Crippen molar-refractivity contribution in [3.8, 4) is 5.75 Å². The van der Waals surface area contributed by atoms with Gasteiger partial charge >= 0.3 is 0 Å². The number of ether oxygens (including phenoxy) is 1. The first-order valence-electron chi connectivity index (χ1n) is 10.1. The summed E-state index contributed by atoms with van der Waals surface area (Å²) in [6.07, 6.45) is 1.53. The van der Waals surface area contributed by atoms with E-state index in [1.807, 2.05) is 11.0 Å². The third kappa shape index (κ3) is 5.31. The number of carbonyl (C=O) groups excluding carboxylic acids is 1. The Bertz CT molecular complexity index is 804. The maximum Gasteiger partial charge on any atom is 0.289 e. The number of nitrogens with one attached hydrogen (secondary N) is 1. The molecule has 1 aliphatic rings. The molecule has 1 aromatic carbocycles. The summed E-state index contributed by atoms with van der Waals surface area (Å²) >= 11 is 0. The largest absolute Gasteiger partial charge is 0.491 e. The van der Waals surface area contributed by atoms with Crippen molar-refractivity contribution in [1.82, 2.24) is 15.1 Å². The highest BCUT2D eigenvalue weighted by atomic mass is 16.5. The van der Waals surface area contributed by atoms with Crippen LogP contribution in [0.3, 0.4) is 0 Å². The van der Waals surface area contributed by atoms with Crippen LogP contribution in [0.5, 0.6) is 5.75 Å². The third-order valence-electron chi connectivity index (χ3n) is 4.94. The zero-order valence-electron chi connectivity index (χ0n) is 17.5. The van der Waals surface area contributed by atoms with Gasteiger partial charge in [-0.2, -0.15) is 0 Å². The minimum atomic E-state index is -0.0569. The van der Waals surface area contributed by atoms with E-state index >= 15 is 0 Å². The van der Waals surface area contributed by atoms with E-state index in [1.165, 1.54) is 6.26 Å². The summed E-state index contributed by atoms with van der Waals surface area (Å²) in [7, 11) is 0. The molecule has 0 unspecified atom stereocenters. The fourth-order valence-electron chi connectivity index (χ4n) is 3.43. The van der Waals surface area contributed by atoms with Crippen LogP contribution in [0.25, 0.3) is 0 Å². The molecule has 29 heavy (non-hydrogen) atoms. The normalized spacial score (nSPS) is 14.8. The van der Waals surface area contributed by atoms with Gasteiger partial charge in [0.1, 0.15) is 12.4 Å². The summed E-state index contributed by atoms with van der Waals surface area (Å²) in [6, 6.07) is 9.59. The van der Waals surface area contributed by atoms with Crippen molar-refractivity contribution in [3.63, 3.8) is 0 Å². The molecule has 1 N–H and O–H groups in total. The van der Waals surface area contributed by atoms with Crippen LogP contribution in [0.1, 0.15) is 28.6 Å². The maximum absolute atomic E-state index is 12.4. The molecule has 0 spiro atoms. The lowest BCUT2D eigenvalue weighted by Crippen LogP contribution is -2.53. The molecule has 1 amide bonds. The van der Waals surface area contributed by atoms with Crippen LogP contribution in [-0.2, 0) is 0 Å². The van der Waals surface area contributed by atoms with Gasteiger partial charge in [0.05, 0.1) is 12.8 Å². The van der Waals surface area contributed by atoms with E-state index in [4.69, 9.17) is 14.1 Å². The average molecular weight is 399 g/mol. The Morgan fingerprint density at radius 3 is 2.41 bits per heavy atom. The van der Waals surface area contributed by atoms with Gasteiger partial charge in [-0.15, -0.1) is 0 Å². The second-order valence-electron chi connectivity index (χ2n) is 7.06. The van der Waals surface area contributed by atoms with Crippen LogP contribution in [0.15, 0.2) is 46.0 Å². The molecular weight excluding hydrogens is 368 g/mol. The number of amides is 1. The number of aliphatic imine (C=N–C) groups is 1. The van der Waals surface area contributed by atoms with Crippen LogP contribution in [0.2, 0.25) is 0 Å².